The monoisotopic (exact) mass is 491 g/mol. The van der Waals surface area contributed by atoms with Crippen LogP contribution in [0.3, 0.4) is 0 Å². The van der Waals surface area contributed by atoms with Gasteiger partial charge in [-0.3, -0.25) is 14.4 Å². The first-order valence-electron chi connectivity index (χ1n) is 11.3. The van der Waals surface area contributed by atoms with Gasteiger partial charge in [0.05, 0.1) is 21.7 Å². The number of carbonyl (C=O) groups excluding carboxylic acids is 4. The molecule has 1 aromatic heterocycles. The molecule has 0 spiro atoms. The third-order valence-electron chi connectivity index (χ3n) is 5.57. The summed E-state index contributed by atoms with van der Waals surface area (Å²) in [7, 11) is 0. The van der Waals surface area contributed by atoms with Gasteiger partial charge in [0.25, 0.3) is 17.7 Å². The van der Waals surface area contributed by atoms with Gasteiger partial charge in [-0.05, 0) is 54.6 Å². The average Bonchev–Trinajstić information content (AvgIpc) is 3.58. The van der Waals surface area contributed by atoms with Crippen LogP contribution in [0.5, 0.6) is 0 Å². The van der Waals surface area contributed by atoms with Gasteiger partial charge in [0.2, 0.25) is 0 Å². The highest BCUT2D eigenvalue weighted by Crippen LogP contribution is 2.20. The second-order valence-corrected chi connectivity index (χ2v) is 9.08. The first-order valence-corrected chi connectivity index (χ1v) is 12.2. The lowest BCUT2D eigenvalue weighted by molar-refractivity contribution is -0.119. The van der Waals surface area contributed by atoms with E-state index in [2.05, 4.69) is 16.0 Å². The number of hydrogen-bond acceptors (Lipinski definition) is 6. The maximum absolute atomic E-state index is 12.7. The second-order valence-electron chi connectivity index (χ2n) is 8.14. The standard InChI is InChI=1S/C26H25N3O5S/c30-23(29-21-12-4-3-11-20(21)24(31)27-18-8-1-2-9-18)16-34-26(33)17-7-5-10-19(15-17)28-25(32)22-13-6-14-35-22/h3-7,10-15,18H,1-2,8-9,16H2,(H,27,31)(H,28,32)(H,29,30). The highest BCUT2D eigenvalue weighted by molar-refractivity contribution is 7.12. The lowest BCUT2D eigenvalue weighted by atomic mass is 10.1. The van der Waals surface area contributed by atoms with Crippen molar-refractivity contribution in [2.75, 3.05) is 17.2 Å². The predicted molar refractivity (Wildman–Crippen MR) is 134 cm³/mol. The molecule has 1 fully saturated rings. The lowest BCUT2D eigenvalue weighted by Gasteiger charge is -2.15. The quantitative estimate of drug-likeness (QED) is 0.403. The van der Waals surface area contributed by atoms with Crippen LogP contribution in [0.25, 0.3) is 0 Å². The van der Waals surface area contributed by atoms with Gasteiger partial charge >= 0.3 is 5.97 Å². The molecule has 0 aliphatic heterocycles. The number of nitrogens with one attached hydrogen (secondary N) is 3. The maximum Gasteiger partial charge on any atom is 0.338 e. The van der Waals surface area contributed by atoms with Crippen LogP contribution in [0.2, 0.25) is 0 Å². The van der Waals surface area contributed by atoms with E-state index in [4.69, 9.17) is 4.74 Å². The van der Waals surface area contributed by atoms with Gasteiger partial charge in [-0.15, -0.1) is 11.3 Å². The van der Waals surface area contributed by atoms with Crippen LogP contribution < -0.4 is 16.0 Å². The zero-order valence-corrected chi connectivity index (χ0v) is 19.7. The molecule has 3 N–H and O–H groups in total. The highest BCUT2D eigenvalue weighted by Gasteiger charge is 2.20. The van der Waals surface area contributed by atoms with Crippen molar-refractivity contribution < 1.29 is 23.9 Å². The Morgan fingerprint density at radius 1 is 0.886 bits per heavy atom. The molecule has 4 rings (SSSR count). The topological polar surface area (TPSA) is 114 Å². The van der Waals surface area contributed by atoms with Gasteiger partial charge in [0.1, 0.15) is 0 Å². The summed E-state index contributed by atoms with van der Waals surface area (Å²) in [4.78, 5) is 50.3. The molecule has 2 aromatic carbocycles. The molecule has 35 heavy (non-hydrogen) atoms. The maximum atomic E-state index is 12.7. The summed E-state index contributed by atoms with van der Waals surface area (Å²) in [6.45, 7) is -0.525. The van der Waals surface area contributed by atoms with Crippen molar-refractivity contribution in [3.8, 4) is 0 Å². The molecule has 1 saturated carbocycles. The van der Waals surface area contributed by atoms with Gasteiger partial charge in [-0.1, -0.05) is 37.1 Å². The van der Waals surface area contributed by atoms with E-state index in [1.165, 1.54) is 23.5 Å². The Balaban J connectivity index is 1.32. The van der Waals surface area contributed by atoms with Crippen molar-refractivity contribution in [1.29, 1.82) is 0 Å². The molecule has 3 aromatic rings. The molecule has 1 heterocycles. The predicted octanol–water partition coefficient (Wildman–Crippen LogP) is 4.47. The molecule has 180 valence electrons. The zero-order valence-electron chi connectivity index (χ0n) is 18.9. The van der Waals surface area contributed by atoms with E-state index in [0.717, 1.165) is 25.7 Å². The minimum absolute atomic E-state index is 0.151. The number of hydrogen-bond donors (Lipinski definition) is 3. The van der Waals surface area contributed by atoms with E-state index in [-0.39, 0.29) is 23.4 Å². The zero-order chi connectivity index (χ0) is 24.6. The van der Waals surface area contributed by atoms with Gasteiger partial charge in [-0.2, -0.15) is 0 Å². The first kappa shape index (κ1) is 24.2. The smallest absolute Gasteiger partial charge is 0.338 e. The highest BCUT2D eigenvalue weighted by atomic mass is 32.1. The number of benzene rings is 2. The molecule has 8 nitrogen and oxygen atoms in total. The number of rotatable bonds is 8. The number of anilines is 2. The summed E-state index contributed by atoms with van der Waals surface area (Å²) >= 11 is 1.31. The summed E-state index contributed by atoms with van der Waals surface area (Å²) in [5.41, 5.74) is 1.33. The Bertz CT molecular complexity index is 1220. The van der Waals surface area contributed by atoms with E-state index >= 15 is 0 Å². The average molecular weight is 492 g/mol. The van der Waals surface area contributed by atoms with Crippen LogP contribution in [-0.2, 0) is 9.53 Å². The van der Waals surface area contributed by atoms with Crippen molar-refractivity contribution >= 4 is 46.4 Å². The first-order chi connectivity index (χ1) is 17.0. The fraction of sp³-hybridized carbons (Fsp3) is 0.231. The van der Waals surface area contributed by atoms with Crippen LogP contribution in [0.1, 0.15) is 56.1 Å². The number of thiophene rings is 1. The minimum Gasteiger partial charge on any atom is -0.452 e. The van der Waals surface area contributed by atoms with Crippen LogP contribution in [-0.4, -0.2) is 36.3 Å². The summed E-state index contributed by atoms with van der Waals surface area (Å²) in [5.74, 6) is -1.80. The van der Waals surface area contributed by atoms with Crippen LogP contribution >= 0.6 is 11.3 Å². The molecule has 3 amide bonds. The Hall–Kier alpha value is -3.98. The molecule has 0 atom stereocenters. The molecular weight excluding hydrogens is 466 g/mol. The largest absolute Gasteiger partial charge is 0.452 e. The van der Waals surface area contributed by atoms with Crippen molar-refractivity contribution in [1.82, 2.24) is 5.32 Å². The summed E-state index contributed by atoms with van der Waals surface area (Å²) in [6, 6.07) is 16.6. The number of amides is 3. The molecule has 1 aliphatic rings. The molecular formula is C26H25N3O5S. The van der Waals surface area contributed by atoms with Crippen molar-refractivity contribution in [2.45, 2.75) is 31.7 Å². The molecule has 1 aliphatic carbocycles. The number of esters is 1. The summed E-state index contributed by atoms with van der Waals surface area (Å²) in [5, 5.41) is 10.2. The molecule has 0 bridgehead atoms. The molecule has 0 radical (unpaired) electrons. The van der Waals surface area contributed by atoms with Gasteiger partial charge < -0.3 is 20.7 Å². The van der Waals surface area contributed by atoms with E-state index in [9.17, 15) is 19.2 Å². The van der Waals surface area contributed by atoms with E-state index in [1.54, 1.807) is 53.9 Å². The fourth-order valence-electron chi connectivity index (χ4n) is 3.85. The third kappa shape index (κ3) is 6.54. The molecule has 0 unspecified atom stereocenters. The Morgan fingerprint density at radius 3 is 2.46 bits per heavy atom. The Kier molecular flexibility index (Phi) is 7.89. The van der Waals surface area contributed by atoms with Crippen LogP contribution in [0.15, 0.2) is 66.0 Å². The third-order valence-corrected chi connectivity index (χ3v) is 6.44. The Labute approximate surface area is 206 Å². The number of ether oxygens (including phenoxy) is 1. The van der Waals surface area contributed by atoms with Gasteiger partial charge in [0, 0.05) is 11.7 Å². The number of para-hydroxylation sites is 1. The summed E-state index contributed by atoms with van der Waals surface area (Å²) in [6.07, 6.45) is 4.10. The minimum atomic E-state index is -0.709. The van der Waals surface area contributed by atoms with Crippen molar-refractivity contribution in [3.05, 3.63) is 82.0 Å². The van der Waals surface area contributed by atoms with E-state index in [0.29, 0.717) is 21.8 Å². The number of carbonyl (C=O) groups is 4. The normalized spacial score (nSPS) is 13.1. The van der Waals surface area contributed by atoms with Gasteiger partial charge in [0.15, 0.2) is 6.61 Å². The van der Waals surface area contributed by atoms with Crippen LogP contribution in [0, 0.1) is 0 Å². The van der Waals surface area contributed by atoms with E-state index in [1.807, 2.05) is 0 Å². The lowest BCUT2D eigenvalue weighted by Crippen LogP contribution is -2.33. The van der Waals surface area contributed by atoms with Crippen molar-refractivity contribution in [2.24, 2.45) is 0 Å². The summed E-state index contributed by atoms with van der Waals surface area (Å²) < 4.78 is 5.14. The van der Waals surface area contributed by atoms with E-state index < -0.39 is 18.5 Å². The molecule has 0 saturated heterocycles. The second kappa shape index (κ2) is 11.4. The molecule has 9 heteroatoms. The fourth-order valence-corrected chi connectivity index (χ4v) is 4.47. The van der Waals surface area contributed by atoms with Gasteiger partial charge in [-0.25, -0.2) is 4.79 Å². The van der Waals surface area contributed by atoms with Crippen molar-refractivity contribution in [3.63, 3.8) is 0 Å². The van der Waals surface area contributed by atoms with Crippen LogP contribution in [0.4, 0.5) is 11.4 Å². The SMILES string of the molecule is O=C(COC(=O)c1cccc(NC(=O)c2cccs2)c1)Nc1ccccc1C(=O)NC1CCCC1. The Morgan fingerprint density at radius 2 is 1.69 bits per heavy atom.